The van der Waals surface area contributed by atoms with E-state index in [1.54, 1.807) is 0 Å². The first-order chi connectivity index (χ1) is 7.71. The normalized spacial score (nSPS) is 13.5. The third kappa shape index (κ3) is 3.92. The fourth-order valence-corrected chi connectivity index (χ4v) is 2.36. The predicted octanol–water partition coefficient (Wildman–Crippen LogP) is 4.03. The van der Waals surface area contributed by atoms with Gasteiger partial charge in [-0.05, 0) is 25.1 Å². The molecule has 1 atom stereocenters. The third-order valence-corrected chi connectivity index (χ3v) is 3.56. The van der Waals surface area contributed by atoms with Crippen LogP contribution in [0, 0.1) is 0 Å². The Kier molecular flexibility index (Phi) is 4.48. The van der Waals surface area contributed by atoms with Crippen LogP contribution in [0.1, 0.15) is 12.5 Å². The van der Waals surface area contributed by atoms with Gasteiger partial charge in [0.25, 0.3) is 0 Å². The third-order valence-electron chi connectivity index (χ3n) is 1.90. The lowest BCUT2D eigenvalue weighted by molar-refractivity contribution is -0.140. The van der Waals surface area contributed by atoms with Crippen LogP contribution in [0.5, 0.6) is 0 Å². The van der Waals surface area contributed by atoms with Gasteiger partial charge in [-0.2, -0.15) is 13.2 Å². The molecule has 0 aliphatic heterocycles. The molecule has 2 nitrogen and oxygen atoms in total. The summed E-state index contributed by atoms with van der Waals surface area (Å²) in [6.45, 7) is 1.34. The summed E-state index contributed by atoms with van der Waals surface area (Å²) in [7, 11) is 0. The summed E-state index contributed by atoms with van der Waals surface area (Å²) in [5.41, 5.74) is -0.829. The van der Waals surface area contributed by atoms with Crippen molar-refractivity contribution in [2.24, 2.45) is 0 Å². The minimum absolute atomic E-state index is 0.0874. The molecule has 94 valence electrons. The molecular weight excluding hydrogens is 321 g/mol. The van der Waals surface area contributed by atoms with Gasteiger partial charge in [0.1, 0.15) is 5.25 Å². The molecule has 0 fully saturated rings. The quantitative estimate of drug-likeness (QED) is 0.851. The van der Waals surface area contributed by atoms with Crippen LogP contribution in [0.3, 0.4) is 0 Å². The molecule has 0 aliphatic carbocycles. The smallest absolute Gasteiger partial charge is 0.417 e. The minimum atomic E-state index is -4.50. The maximum atomic E-state index is 12.7. The Balaban J connectivity index is 3.11. The molecule has 0 radical (unpaired) electrons. The number of hydrogen-bond acceptors (Lipinski definition) is 2. The zero-order valence-electron chi connectivity index (χ0n) is 8.58. The van der Waals surface area contributed by atoms with Crippen molar-refractivity contribution in [2.45, 2.75) is 23.2 Å². The Labute approximate surface area is 108 Å². The molecule has 0 saturated heterocycles. The van der Waals surface area contributed by atoms with Crippen LogP contribution in [0.2, 0.25) is 0 Å². The van der Waals surface area contributed by atoms with Crippen molar-refractivity contribution in [3.05, 3.63) is 28.2 Å². The van der Waals surface area contributed by atoms with Gasteiger partial charge in [0, 0.05) is 9.37 Å². The fraction of sp³-hybridized carbons (Fsp3) is 0.300. The fourth-order valence-electron chi connectivity index (χ4n) is 1.07. The number of benzene rings is 1. The first kappa shape index (κ1) is 14.4. The maximum absolute atomic E-state index is 12.7. The van der Waals surface area contributed by atoms with Gasteiger partial charge in [-0.3, -0.25) is 4.79 Å². The van der Waals surface area contributed by atoms with Crippen LogP contribution >= 0.6 is 27.7 Å². The van der Waals surface area contributed by atoms with Gasteiger partial charge in [-0.1, -0.05) is 15.9 Å². The second kappa shape index (κ2) is 5.30. The van der Waals surface area contributed by atoms with Crippen LogP contribution < -0.4 is 0 Å². The first-order valence-corrected chi connectivity index (χ1v) is 6.15. The second-order valence-electron chi connectivity index (χ2n) is 3.24. The van der Waals surface area contributed by atoms with Crippen LogP contribution in [-0.2, 0) is 11.0 Å². The maximum Gasteiger partial charge on any atom is 0.417 e. The van der Waals surface area contributed by atoms with Crippen LogP contribution in [-0.4, -0.2) is 16.3 Å². The molecule has 1 unspecified atom stereocenters. The summed E-state index contributed by atoms with van der Waals surface area (Å²) in [5.74, 6) is -1.15. The highest BCUT2D eigenvalue weighted by molar-refractivity contribution is 9.10. The van der Waals surface area contributed by atoms with E-state index in [1.807, 2.05) is 0 Å². The van der Waals surface area contributed by atoms with E-state index in [9.17, 15) is 18.0 Å². The Morgan fingerprint density at radius 1 is 1.47 bits per heavy atom. The predicted molar refractivity (Wildman–Crippen MR) is 62.1 cm³/mol. The monoisotopic (exact) mass is 328 g/mol. The van der Waals surface area contributed by atoms with E-state index >= 15 is 0 Å². The van der Waals surface area contributed by atoms with Crippen molar-refractivity contribution in [2.75, 3.05) is 0 Å². The standard InChI is InChI=1S/C10H8BrF3O2S/c1-5(9(15)16)17-8-3-2-6(11)4-7(8)10(12,13)14/h2-5H,1H3,(H,15,16). The largest absolute Gasteiger partial charge is 0.480 e. The summed E-state index contributed by atoms with van der Waals surface area (Å²) in [4.78, 5) is 10.5. The average Bonchev–Trinajstić information content (AvgIpc) is 2.18. The number of rotatable bonds is 3. The summed E-state index contributed by atoms with van der Waals surface area (Å²) in [5, 5.41) is 7.75. The molecule has 17 heavy (non-hydrogen) atoms. The molecule has 1 N–H and O–H groups in total. The molecule has 0 spiro atoms. The van der Waals surface area contributed by atoms with Gasteiger partial charge in [-0.15, -0.1) is 11.8 Å². The van der Waals surface area contributed by atoms with Gasteiger partial charge < -0.3 is 5.11 Å². The molecule has 1 rings (SSSR count). The highest BCUT2D eigenvalue weighted by atomic mass is 79.9. The number of halogens is 4. The topological polar surface area (TPSA) is 37.3 Å². The number of carboxylic acids is 1. The molecule has 0 amide bonds. The van der Waals surface area contributed by atoms with E-state index in [-0.39, 0.29) is 4.90 Å². The van der Waals surface area contributed by atoms with Crippen molar-refractivity contribution in [3.8, 4) is 0 Å². The molecule has 0 saturated carbocycles. The zero-order valence-corrected chi connectivity index (χ0v) is 11.0. The van der Waals surface area contributed by atoms with Crippen LogP contribution in [0.4, 0.5) is 13.2 Å². The molecular formula is C10H8BrF3O2S. The van der Waals surface area contributed by atoms with Crippen molar-refractivity contribution in [3.63, 3.8) is 0 Å². The lowest BCUT2D eigenvalue weighted by atomic mass is 10.2. The van der Waals surface area contributed by atoms with Crippen molar-refractivity contribution >= 4 is 33.7 Å². The molecule has 0 aromatic heterocycles. The number of alkyl halides is 3. The van der Waals surface area contributed by atoms with Crippen molar-refractivity contribution in [1.82, 2.24) is 0 Å². The summed E-state index contributed by atoms with van der Waals surface area (Å²) in [6.07, 6.45) is -4.50. The molecule has 1 aromatic carbocycles. The van der Waals surface area contributed by atoms with Gasteiger partial charge in [0.2, 0.25) is 0 Å². The lowest BCUT2D eigenvalue weighted by Crippen LogP contribution is -2.13. The number of hydrogen-bond donors (Lipinski definition) is 1. The van der Waals surface area contributed by atoms with Gasteiger partial charge >= 0.3 is 12.1 Å². The van der Waals surface area contributed by atoms with Crippen LogP contribution in [0.15, 0.2) is 27.6 Å². The van der Waals surface area contributed by atoms with Crippen molar-refractivity contribution in [1.29, 1.82) is 0 Å². The number of aliphatic carboxylic acids is 1. The lowest BCUT2D eigenvalue weighted by Gasteiger charge is -2.14. The number of thioether (sulfide) groups is 1. The highest BCUT2D eigenvalue weighted by Gasteiger charge is 2.34. The number of carbonyl (C=O) groups is 1. The molecule has 0 aliphatic rings. The van der Waals surface area contributed by atoms with Gasteiger partial charge in [-0.25, -0.2) is 0 Å². The van der Waals surface area contributed by atoms with Crippen LogP contribution in [0.25, 0.3) is 0 Å². The van der Waals surface area contributed by atoms with E-state index in [2.05, 4.69) is 15.9 Å². The minimum Gasteiger partial charge on any atom is -0.480 e. The summed E-state index contributed by atoms with van der Waals surface area (Å²) in [6, 6.07) is 3.65. The van der Waals surface area contributed by atoms with E-state index < -0.39 is 23.0 Å². The SMILES string of the molecule is CC(Sc1ccc(Br)cc1C(F)(F)F)C(=O)O. The van der Waals surface area contributed by atoms with E-state index in [1.165, 1.54) is 19.1 Å². The Morgan fingerprint density at radius 3 is 2.53 bits per heavy atom. The molecule has 0 bridgehead atoms. The summed E-state index contributed by atoms with van der Waals surface area (Å²) < 4.78 is 38.4. The van der Waals surface area contributed by atoms with E-state index in [0.29, 0.717) is 16.2 Å². The number of carboxylic acid groups (broad SMARTS) is 1. The van der Waals surface area contributed by atoms with E-state index in [0.717, 1.165) is 6.07 Å². The summed E-state index contributed by atoms with van der Waals surface area (Å²) >= 11 is 3.63. The zero-order chi connectivity index (χ0) is 13.2. The second-order valence-corrected chi connectivity index (χ2v) is 5.53. The molecule has 1 aromatic rings. The average molecular weight is 329 g/mol. The Bertz CT molecular complexity index is 434. The molecule has 0 heterocycles. The van der Waals surface area contributed by atoms with Crippen molar-refractivity contribution < 1.29 is 23.1 Å². The Morgan fingerprint density at radius 2 is 2.06 bits per heavy atom. The molecule has 7 heteroatoms. The van der Waals surface area contributed by atoms with Gasteiger partial charge in [0.15, 0.2) is 0 Å². The highest BCUT2D eigenvalue weighted by Crippen LogP contribution is 2.39. The Hall–Kier alpha value is -0.690. The first-order valence-electron chi connectivity index (χ1n) is 4.48. The van der Waals surface area contributed by atoms with Gasteiger partial charge in [0.05, 0.1) is 5.56 Å². The van der Waals surface area contributed by atoms with E-state index in [4.69, 9.17) is 5.11 Å².